The summed E-state index contributed by atoms with van der Waals surface area (Å²) in [6, 6.07) is 0. The number of aliphatic hydroxyl groups excluding tert-OH is 1. The molecule has 20 heavy (non-hydrogen) atoms. The largest absolute Gasteiger partial charge is 0.393 e. The molecule has 0 aromatic carbocycles. The van der Waals surface area contributed by atoms with Crippen LogP contribution in [0.15, 0.2) is 0 Å². The van der Waals surface area contributed by atoms with Crippen molar-refractivity contribution >= 4 is 11.6 Å². The van der Waals surface area contributed by atoms with Crippen molar-refractivity contribution in [1.82, 2.24) is 9.78 Å². The van der Waals surface area contributed by atoms with Crippen molar-refractivity contribution < 1.29 is 5.11 Å². The third-order valence-electron chi connectivity index (χ3n) is 4.51. The second-order valence-electron chi connectivity index (χ2n) is 6.10. The fourth-order valence-corrected chi connectivity index (χ4v) is 3.51. The zero-order valence-electron chi connectivity index (χ0n) is 12.7. The molecule has 1 atom stereocenters. The molecule has 0 spiro atoms. The van der Waals surface area contributed by atoms with Crippen LogP contribution in [0.25, 0.3) is 0 Å². The highest BCUT2D eigenvalue weighted by Crippen LogP contribution is 2.29. The molecule has 1 aliphatic rings. The Hall–Kier alpha value is -0.540. The van der Waals surface area contributed by atoms with Crippen LogP contribution in [0.3, 0.4) is 0 Å². The Labute approximate surface area is 127 Å². The summed E-state index contributed by atoms with van der Waals surface area (Å²) in [5.41, 5.74) is 1.85. The number of aryl methyl sites for hydroxylation is 2. The number of hydrogen-bond acceptors (Lipinski definition) is 2. The Morgan fingerprint density at radius 3 is 2.70 bits per heavy atom. The topological polar surface area (TPSA) is 38.0 Å². The van der Waals surface area contributed by atoms with Crippen LogP contribution < -0.4 is 0 Å². The predicted molar refractivity (Wildman–Crippen MR) is 83.2 cm³/mol. The van der Waals surface area contributed by atoms with Crippen molar-refractivity contribution in [1.29, 1.82) is 0 Å². The van der Waals surface area contributed by atoms with E-state index in [9.17, 15) is 5.11 Å². The van der Waals surface area contributed by atoms with Crippen molar-refractivity contribution in [2.45, 2.75) is 77.9 Å². The molecule has 1 fully saturated rings. The quantitative estimate of drug-likeness (QED) is 0.857. The Balaban J connectivity index is 1.86. The van der Waals surface area contributed by atoms with Crippen molar-refractivity contribution in [2.75, 3.05) is 0 Å². The summed E-state index contributed by atoms with van der Waals surface area (Å²) in [6.07, 6.45) is 9.19. The summed E-state index contributed by atoms with van der Waals surface area (Å²) in [5.74, 6) is 0.826. The fraction of sp³-hybridized carbons (Fsp3) is 0.812. The van der Waals surface area contributed by atoms with E-state index in [1.165, 1.54) is 32.1 Å². The zero-order valence-corrected chi connectivity index (χ0v) is 13.5. The summed E-state index contributed by atoms with van der Waals surface area (Å²) in [4.78, 5) is 0. The van der Waals surface area contributed by atoms with Crippen molar-refractivity contribution in [3.63, 3.8) is 0 Å². The summed E-state index contributed by atoms with van der Waals surface area (Å²) >= 11 is 6.29. The van der Waals surface area contributed by atoms with Crippen molar-refractivity contribution in [2.24, 2.45) is 5.92 Å². The van der Waals surface area contributed by atoms with Gasteiger partial charge < -0.3 is 5.11 Å². The molecule has 114 valence electrons. The smallest absolute Gasteiger partial charge is 0.0848 e. The molecular weight excluding hydrogens is 272 g/mol. The highest BCUT2D eigenvalue weighted by Gasteiger charge is 2.19. The van der Waals surface area contributed by atoms with Crippen LogP contribution in [0, 0.1) is 12.8 Å². The molecule has 3 nitrogen and oxygen atoms in total. The number of halogens is 1. The van der Waals surface area contributed by atoms with E-state index in [2.05, 4.69) is 12.0 Å². The SMILES string of the molecule is CCn1nc(C)c(Cl)c1CC(O)CCC1CCCCC1. The van der Waals surface area contributed by atoms with Gasteiger partial charge in [0.25, 0.3) is 0 Å². The second kappa shape index (κ2) is 7.46. The number of aromatic nitrogens is 2. The van der Waals surface area contributed by atoms with E-state index in [1.807, 2.05) is 11.6 Å². The minimum absolute atomic E-state index is 0.296. The highest BCUT2D eigenvalue weighted by molar-refractivity contribution is 6.31. The van der Waals surface area contributed by atoms with Crippen molar-refractivity contribution in [3.05, 3.63) is 16.4 Å². The lowest BCUT2D eigenvalue weighted by molar-refractivity contribution is 0.147. The first-order valence-electron chi connectivity index (χ1n) is 8.01. The predicted octanol–water partition coefficient (Wildman–Crippen LogP) is 4.13. The molecule has 1 heterocycles. The lowest BCUT2D eigenvalue weighted by Crippen LogP contribution is -2.17. The van der Waals surface area contributed by atoms with Crippen LogP contribution in [0.4, 0.5) is 0 Å². The number of hydrogen-bond donors (Lipinski definition) is 1. The van der Waals surface area contributed by atoms with Crippen LogP contribution in [0.5, 0.6) is 0 Å². The molecule has 1 unspecified atom stereocenters. The summed E-state index contributed by atoms with van der Waals surface area (Å²) in [5, 5.41) is 15.4. The molecule has 1 N–H and O–H groups in total. The molecule has 1 aromatic heterocycles. The van der Waals surface area contributed by atoms with Gasteiger partial charge in [-0.05, 0) is 32.6 Å². The summed E-state index contributed by atoms with van der Waals surface area (Å²) in [7, 11) is 0. The summed E-state index contributed by atoms with van der Waals surface area (Å²) < 4.78 is 1.92. The van der Waals surface area contributed by atoms with Gasteiger partial charge >= 0.3 is 0 Å². The molecule has 0 aliphatic heterocycles. The zero-order chi connectivity index (χ0) is 14.5. The maximum Gasteiger partial charge on any atom is 0.0848 e. The molecular formula is C16H27ClN2O. The van der Waals surface area contributed by atoms with Gasteiger partial charge in [-0.25, -0.2) is 0 Å². The van der Waals surface area contributed by atoms with Gasteiger partial charge in [-0.2, -0.15) is 5.10 Å². The molecule has 2 rings (SSSR count). The number of aliphatic hydroxyl groups is 1. The van der Waals surface area contributed by atoms with E-state index in [0.29, 0.717) is 6.42 Å². The van der Waals surface area contributed by atoms with E-state index in [4.69, 9.17) is 11.6 Å². The van der Waals surface area contributed by atoms with Crippen LogP contribution in [0.2, 0.25) is 5.02 Å². The van der Waals surface area contributed by atoms with E-state index in [0.717, 1.165) is 41.7 Å². The van der Waals surface area contributed by atoms with E-state index >= 15 is 0 Å². The Morgan fingerprint density at radius 1 is 1.35 bits per heavy atom. The van der Waals surface area contributed by atoms with E-state index in [-0.39, 0.29) is 6.10 Å². The average Bonchev–Trinajstić information content (AvgIpc) is 2.74. The highest BCUT2D eigenvalue weighted by atomic mass is 35.5. The van der Waals surface area contributed by atoms with E-state index < -0.39 is 0 Å². The van der Waals surface area contributed by atoms with Crippen LogP contribution >= 0.6 is 11.6 Å². The summed E-state index contributed by atoms with van der Waals surface area (Å²) in [6.45, 7) is 4.78. The lowest BCUT2D eigenvalue weighted by atomic mass is 9.85. The molecule has 0 amide bonds. The Kier molecular flexibility index (Phi) is 5.91. The van der Waals surface area contributed by atoms with Gasteiger partial charge in [0.05, 0.1) is 22.5 Å². The molecule has 0 saturated heterocycles. The van der Waals surface area contributed by atoms with Gasteiger partial charge in [-0.1, -0.05) is 43.7 Å². The number of rotatable bonds is 6. The standard InChI is InChI=1S/C16H27ClN2O/c1-3-19-15(16(17)12(2)18-19)11-14(20)10-9-13-7-5-4-6-8-13/h13-14,20H,3-11H2,1-2H3. The molecule has 1 aromatic rings. The molecule has 1 aliphatic carbocycles. The van der Waals surface area contributed by atoms with E-state index in [1.54, 1.807) is 0 Å². The minimum atomic E-state index is -0.296. The Morgan fingerprint density at radius 2 is 2.05 bits per heavy atom. The first-order valence-corrected chi connectivity index (χ1v) is 8.39. The first-order chi connectivity index (χ1) is 9.61. The van der Waals surface area contributed by atoms with Gasteiger partial charge in [-0.15, -0.1) is 0 Å². The number of nitrogens with zero attached hydrogens (tertiary/aromatic N) is 2. The minimum Gasteiger partial charge on any atom is -0.393 e. The monoisotopic (exact) mass is 298 g/mol. The van der Waals surface area contributed by atoms with Gasteiger partial charge in [0.2, 0.25) is 0 Å². The molecule has 0 bridgehead atoms. The van der Waals surface area contributed by atoms with Crippen LogP contribution in [0.1, 0.15) is 63.3 Å². The fourth-order valence-electron chi connectivity index (χ4n) is 3.29. The lowest BCUT2D eigenvalue weighted by Gasteiger charge is -2.22. The van der Waals surface area contributed by atoms with Gasteiger partial charge in [0.15, 0.2) is 0 Å². The third-order valence-corrected chi connectivity index (χ3v) is 5.01. The molecule has 1 saturated carbocycles. The van der Waals surface area contributed by atoms with Gasteiger partial charge in [0.1, 0.15) is 0 Å². The van der Waals surface area contributed by atoms with Crippen LogP contribution in [-0.4, -0.2) is 21.0 Å². The first kappa shape index (κ1) is 15.8. The normalized spacial score (nSPS) is 18.4. The Bertz CT molecular complexity index is 424. The second-order valence-corrected chi connectivity index (χ2v) is 6.48. The van der Waals surface area contributed by atoms with Gasteiger partial charge in [0, 0.05) is 13.0 Å². The average molecular weight is 299 g/mol. The maximum atomic E-state index is 10.3. The van der Waals surface area contributed by atoms with Crippen LogP contribution in [-0.2, 0) is 13.0 Å². The molecule has 4 heteroatoms. The van der Waals surface area contributed by atoms with Crippen molar-refractivity contribution in [3.8, 4) is 0 Å². The maximum absolute atomic E-state index is 10.3. The molecule has 0 radical (unpaired) electrons. The van der Waals surface area contributed by atoms with Gasteiger partial charge in [-0.3, -0.25) is 4.68 Å². The third kappa shape index (κ3) is 3.98.